The fraction of sp³-hybridized carbons (Fsp3) is 0.467. The maximum Gasteiger partial charge on any atom is 0.0480 e. The molecule has 0 amide bonds. The molecule has 0 spiro atoms. The first-order valence-electron chi connectivity index (χ1n) is 6.11. The van der Waals surface area contributed by atoms with Gasteiger partial charge in [0, 0.05) is 23.6 Å². The molecule has 1 aromatic heterocycles. The van der Waals surface area contributed by atoms with Crippen LogP contribution in [0.4, 0.5) is 0 Å². The molecule has 1 nitrogen and oxygen atoms in total. The summed E-state index contributed by atoms with van der Waals surface area (Å²) in [6.45, 7) is 8.03. The number of hydrogen-bond donors (Lipinski definition) is 0. The molecule has 0 N–H and O–H groups in total. The Kier molecular flexibility index (Phi) is 3.33. The lowest BCUT2D eigenvalue weighted by molar-refractivity contribution is 0.394. The van der Waals surface area contributed by atoms with Crippen LogP contribution in [0.2, 0.25) is 0 Å². The molecule has 1 radical (unpaired) electrons. The normalized spacial score (nSPS) is 13.5. The first-order chi connectivity index (χ1) is 7.66. The van der Waals surface area contributed by atoms with E-state index in [0.717, 1.165) is 18.4 Å². The van der Waals surface area contributed by atoms with Gasteiger partial charge in [-0.1, -0.05) is 26.8 Å². The van der Waals surface area contributed by atoms with Crippen molar-refractivity contribution in [3.05, 3.63) is 36.5 Å². The fourth-order valence-electron chi connectivity index (χ4n) is 2.45. The second-order valence-electron chi connectivity index (χ2n) is 5.19. The van der Waals surface area contributed by atoms with Crippen LogP contribution in [0, 0.1) is 17.9 Å². The minimum Gasteiger partial charge on any atom is -0.347 e. The molecule has 1 aromatic carbocycles. The standard InChI is InChI=1S/C15H20N/c1-12(2)10-13(3)11-16-9-8-14-6-4-5-7-15(14)16/h5-9,12-13H,10-11H2,1-3H3. The Morgan fingerprint density at radius 3 is 2.81 bits per heavy atom. The van der Waals surface area contributed by atoms with Crippen molar-refractivity contribution < 1.29 is 0 Å². The van der Waals surface area contributed by atoms with E-state index in [1.54, 1.807) is 0 Å². The monoisotopic (exact) mass is 214 g/mol. The lowest BCUT2D eigenvalue weighted by Crippen LogP contribution is -2.09. The van der Waals surface area contributed by atoms with E-state index >= 15 is 0 Å². The summed E-state index contributed by atoms with van der Waals surface area (Å²) < 4.78 is 2.36. The Balaban J connectivity index is 2.15. The third-order valence-electron chi connectivity index (χ3n) is 3.00. The topological polar surface area (TPSA) is 4.93 Å². The number of hydrogen-bond acceptors (Lipinski definition) is 0. The van der Waals surface area contributed by atoms with E-state index in [9.17, 15) is 0 Å². The second-order valence-corrected chi connectivity index (χ2v) is 5.19. The zero-order valence-electron chi connectivity index (χ0n) is 10.4. The highest BCUT2D eigenvalue weighted by atomic mass is 15.0. The summed E-state index contributed by atoms with van der Waals surface area (Å²) in [5.41, 5.74) is 1.33. The van der Waals surface area contributed by atoms with Gasteiger partial charge in [-0.3, -0.25) is 0 Å². The van der Waals surface area contributed by atoms with Crippen LogP contribution in [0.15, 0.2) is 30.5 Å². The van der Waals surface area contributed by atoms with E-state index in [0.29, 0.717) is 0 Å². The Morgan fingerprint density at radius 2 is 2.06 bits per heavy atom. The van der Waals surface area contributed by atoms with E-state index in [2.05, 4.69) is 55.8 Å². The highest BCUT2D eigenvalue weighted by Gasteiger charge is 2.07. The molecule has 1 unspecified atom stereocenters. The average molecular weight is 214 g/mol. The summed E-state index contributed by atoms with van der Waals surface area (Å²) in [6, 6.07) is 11.5. The van der Waals surface area contributed by atoms with Gasteiger partial charge in [-0.15, -0.1) is 0 Å². The van der Waals surface area contributed by atoms with E-state index in [1.165, 1.54) is 17.3 Å². The van der Waals surface area contributed by atoms with Gasteiger partial charge in [0.15, 0.2) is 0 Å². The minimum absolute atomic E-state index is 0.736. The molecule has 2 aromatic rings. The molecule has 16 heavy (non-hydrogen) atoms. The highest BCUT2D eigenvalue weighted by molar-refractivity contribution is 5.79. The molecule has 0 saturated carbocycles. The van der Waals surface area contributed by atoms with Gasteiger partial charge >= 0.3 is 0 Å². The number of benzene rings is 1. The summed E-state index contributed by atoms with van der Waals surface area (Å²) in [5.74, 6) is 1.52. The maximum absolute atomic E-state index is 3.12. The van der Waals surface area contributed by atoms with Crippen LogP contribution in [-0.2, 0) is 6.54 Å². The van der Waals surface area contributed by atoms with Crippen LogP contribution in [0.5, 0.6) is 0 Å². The quantitative estimate of drug-likeness (QED) is 0.721. The predicted octanol–water partition coefficient (Wildman–Crippen LogP) is 4.12. The summed E-state index contributed by atoms with van der Waals surface area (Å²) in [6.07, 6.45) is 3.48. The van der Waals surface area contributed by atoms with Crippen molar-refractivity contribution in [2.75, 3.05) is 0 Å². The molecule has 2 rings (SSSR count). The first-order valence-corrected chi connectivity index (χ1v) is 6.11. The van der Waals surface area contributed by atoms with Gasteiger partial charge in [-0.25, -0.2) is 0 Å². The van der Waals surface area contributed by atoms with Gasteiger partial charge in [0.2, 0.25) is 0 Å². The molecule has 0 bridgehead atoms. The van der Waals surface area contributed by atoms with Gasteiger partial charge in [-0.2, -0.15) is 0 Å². The molecule has 0 aliphatic carbocycles. The van der Waals surface area contributed by atoms with Crippen molar-refractivity contribution in [1.82, 2.24) is 4.57 Å². The molecular formula is C15H20N. The molecule has 85 valence electrons. The van der Waals surface area contributed by atoms with Gasteiger partial charge < -0.3 is 4.57 Å². The van der Waals surface area contributed by atoms with E-state index in [4.69, 9.17) is 0 Å². The van der Waals surface area contributed by atoms with Crippen LogP contribution in [0.25, 0.3) is 10.9 Å². The Morgan fingerprint density at radius 1 is 1.25 bits per heavy atom. The first kappa shape index (κ1) is 11.3. The summed E-state index contributed by atoms with van der Waals surface area (Å²) >= 11 is 0. The van der Waals surface area contributed by atoms with Crippen LogP contribution >= 0.6 is 0 Å². The summed E-state index contributed by atoms with van der Waals surface area (Å²) in [7, 11) is 0. The van der Waals surface area contributed by atoms with Gasteiger partial charge in [-0.05, 0) is 42.5 Å². The van der Waals surface area contributed by atoms with Gasteiger partial charge in [0.1, 0.15) is 0 Å². The lowest BCUT2D eigenvalue weighted by Gasteiger charge is -2.15. The Labute approximate surface area is 98.1 Å². The largest absolute Gasteiger partial charge is 0.347 e. The van der Waals surface area contributed by atoms with Gasteiger partial charge in [0.05, 0.1) is 0 Å². The second kappa shape index (κ2) is 4.73. The number of rotatable bonds is 4. The van der Waals surface area contributed by atoms with Crippen molar-refractivity contribution >= 4 is 10.9 Å². The van der Waals surface area contributed by atoms with Crippen molar-refractivity contribution in [2.24, 2.45) is 11.8 Å². The molecular weight excluding hydrogens is 194 g/mol. The van der Waals surface area contributed by atoms with Crippen LogP contribution in [0.1, 0.15) is 27.2 Å². The van der Waals surface area contributed by atoms with E-state index < -0.39 is 0 Å². The van der Waals surface area contributed by atoms with Crippen molar-refractivity contribution in [3.63, 3.8) is 0 Å². The highest BCUT2D eigenvalue weighted by Crippen LogP contribution is 2.19. The molecule has 0 fully saturated rings. The molecule has 0 aliphatic heterocycles. The zero-order valence-corrected chi connectivity index (χ0v) is 10.4. The molecule has 1 heteroatoms. The number of nitrogens with zero attached hydrogens (tertiary/aromatic N) is 1. The smallest absolute Gasteiger partial charge is 0.0480 e. The van der Waals surface area contributed by atoms with E-state index in [1.807, 2.05) is 6.07 Å². The molecule has 1 heterocycles. The van der Waals surface area contributed by atoms with Gasteiger partial charge in [0.25, 0.3) is 0 Å². The number of aromatic nitrogens is 1. The minimum atomic E-state index is 0.736. The lowest BCUT2D eigenvalue weighted by atomic mass is 9.99. The number of fused-ring (bicyclic) bond motifs is 1. The van der Waals surface area contributed by atoms with E-state index in [-0.39, 0.29) is 0 Å². The molecule has 0 saturated heterocycles. The third-order valence-corrected chi connectivity index (χ3v) is 3.00. The molecule has 1 atom stereocenters. The van der Waals surface area contributed by atoms with Crippen molar-refractivity contribution in [2.45, 2.75) is 33.7 Å². The van der Waals surface area contributed by atoms with Crippen molar-refractivity contribution in [1.29, 1.82) is 0 Å². The fourth-order valence-corrected chi connectivity index (χ4v) is 2.45. The van der Waals surface area contributed by atoms with Crippen LogP contribution in [-0.4, -0.2) is 4.57 Å². The maximum atomic E-state index is 3.12. The van der Waals surface area contributed by atoms with Crippen molar-refractivity contribution in [3.8, 4) is 0 Å². The van der Waals surface area contributed by atoms with Crippen LogP contribution < -0.4 is 0 Å². The average Bonchev–Trinajstić information content (AvgIpc) is 2.61. The summed E-state index contributed by atoms with van der Waals surface area (Å²) in [5, 5.41) is 1.29. The molecule has 0 aliphatic rings. The summed E-state index contributed by atoms with van der Waals surface area (Å²) in [4.78, 5) is 0. The predicted molar refractivity (Wildman–Crippen MR) is 69.4 cm³/mol. The SMILES string of the molecule is CC(C)CC(C)Cn1ccc2c[c]ccc21. The Bertz CT molecular complexity index is 453. The zero-order chi connectivity index (χ0) is 11.5. The third kappa shape index (κ3) is 2.46. The Hall–Kier alpha value is -1.24. The van der Waals surface area contributed by atoms with Crippen LogP contribution in [0.3, 0.4) is 0 Å².